The molecule has 0 aromatic carbocycles. The first kappa shape index (κ1) is 18.9. The molecule has 3 aliphatic rings. The van der Waals surface area contributed by atoms with Crippen LogP contribution in [0.5, 0.6) is 0 Å². The highest BCUT2D eigenvalue weighted by molar-refractivity contribution is 7.09. The fourth-order valence-corrected chi connectivity index (χ4v) is 5.87. The van der Waals surface area contributed by atoms with Crippen LogP contribution in [0.25, 0.3) is 0 Å². The molecule has 6 nitrogen and oxygen atoms in total. The van der Waals surface area contributed by atoms with Gasteiger partial charge in [-0.1, -0.05) is 13.3 Å². The lowest BCUT2D eigenvalue weighted by atomic mass is 9.75. The number of hydrogen-bond donors (Lipinski definition) is 1. The summed E-state index contributed by atoms with van der Waals surface area (Å²) in [6.07, 6.45) is 4.07. The SMILES string of the molecule is CCC[C@H](C)N1C[C@H]2C(=O)NC3(CCN(C(=O)c4csc(C)n4)CC3)[C@H]2C1. The zero-order valence-corrected chi connectivity index (χ0v) is 17.3. The molecule has 27 heavy (non-hydrogen) atoms. The number of amides is 2. The van der Waals surface area contributed by atoms with Crippen LogP contribution >= 0.6 is 11.3 Å². The molecule has 3 atom stereocenters. The van der Waals surface area contributed by atoms with Gasteiger partial charge in [0.05, 0.1) is 10.9 Å². The van der Waals surface area contributed by atoms with Crippen LogP contribution in [0.4, 0.5) is 0 Å². The lowest BCUT2D eigenvalue weighted by Gasteiger charge is -2.43. The first-order chi connectivity index (χ1) is 12.9. The number of hydrogen-bond acceptors (Lipinski definition) is 5. The van der Waals surface area contributed by atoms with Gasteiger partial charge in [-0.15, -0.1) is 11.3 Å². The molecule has 1 aromatic rings. The smallest absolute Gasteiger partial charge is 0.273 e. The Labute approximate surface area is 165 Å². The number of nitrogens with zero attached hydrogens (tertiary/aromatic N) is 3. The van der Waals surface area contributed by atoms with Crippen molar-refractivity contribution in [1.29, 1.82) is 0 Å². The molecule has 0 saturated carbocycles. The Hall–Kier alpha value is -1.47. The van der Waals surface area contributed by atoms with E-state index >= 15 is 0 Å². The van der Waals surface area contributed by atoms with E-state index in [-0.39, 0.29) is 23.3 Å². The summed E-state index contributed by atoms with van der Waals surface area (Å²) in [6.45, 7) is 9.72. The Morgan fingerprint density at radius 2 is 2.15 bits per heavy atom. The van der Waals surface area contributed by atoms with Crippen LogP contribution < -0.4 is 5.32 Å². The summed E-state index contributed by atoms with van der Waals surface area (Å²) in [4.78, 5) is 34.1. The molecule has 7 heteroatoms. The molecule has 0 unspecified atom stereocenters. The van der Waals surface area contributed by atoms with Gasteiger partial charge >= 0.3 is 0 Å². The van der Waals surface area contributed by atoms with Crippen molar-refractivity contribution < 1.29 is 9.59 Å². The van der Waals surface area contributed by atoms with Crippen molar-refractivity contribution in [1.82, 2.24) is 20.1 Å². The average molecular weight is 391 g/mol. The predicted octanol–water partition coefficient (Wildman–Crippen LogP) is 2.29. The Kier molecular flexibility index (Phi) is 5.01. The maximum Gasteiger partial charge on any atom is 0.273 e. The fourth-order valence-electron chi connectivity index (χ4n) is 5.28. The lowest BCUT2D eigenvalue weighted by molar-refractivity contribution is -0.123. The molecule has 1 aromatic heterocycles. The Bertz CT molecular complexity index is 725. The quantitative estimate of drug-likeness (QED) is 0.857. The van der Waals surface area contributed by atoms with E-state index in [0.29, 0.717) is 30.7 Å². The van der Waals surface area contributed by atoms with Crippen LogP contribution in [0.15, 0.2) is 5.38 Å². The molecule has 4 heterocycles. The molecule has 0 aliphatic carbocycles. The molecule has 148 valence electrons. The van der Waals surface area contributed by atoms with Gasteiger partial charge in [0, 0.05) is 49.1 Å². The molecule has 4 rings (SSSR count). The number of piperidine rings is 1. The maximum absolute atomic E-state index is 12.7. The molecule has 0 radical (unpaired) electrons. The zero-order valence-electron chi connectivity index (χ0n) is 16.5. The second-order valence-corrected chi connectivity index (χ2v) is 9.56. The number of fused-ring (bicyclic) bond motifs is 2. The topological polar surface area (TPSA) is 65.5 Å². The standard InChI is InChI=1S/C20H30N4O2S/c1-4-5-13(2)24-10-15-16(11-24)20(22-18(15)25)6-8-23(9-7-20)19(26)17-12-27-14(3)21-17/h12-13,15-16H,4-11H2,1-3H3,(H,22,25)/t13-,15+,16-/m0/s1. The van der Waals surface area contributed by atoms with Crippen molar-refractivity contribution in [3.8, 4) is 0 Å². The van der Waals surface area contributed by atoms with Crippen LogP contribution in [-0.2, 0) is 4.79 Å². The van der Waals surface area contributed by atoms with Crippen molar-refractivity contribution >= 4 is 23.2 Å². The van der Waals surface area contributed by atoms with Crippen LogP contribution in [0.3, 0.4) is 0 Å². The number of likely N-dealkylation sites (tertiary alicyclic amines) is 2. The number of nitrogens with one attached hydrogen (secondary N) is 1. The van der Waals surface area contributed by atoms with Crippen LogP contribution in [-0.4, -0.2) is 64.4 Å². The van der Waals surface area contributed by atoms with E-state index in [1.54, 1.807) is 0 Å². The molecule has 3 saturated heterocycles. The second kappa shape index (κ2) is 7.17. The summed E-state index contributed by atoms with van der Waals surface area (Å²) in [5.41, 5.74) is 0.430. The van der Waals surface area contributed by atoms with E-state index in [9.17, 15) is 9.59 Å². The zero-order chi connectivity index (χ0) is 19.2. The molecular formula is C20H30N4O2S. The van der Waals surface area contributed by atoms with E-state index in [1.807, 2.05) is 17.2 Å². The molecular weight excluding hydrogens is 360 g/mol. The van der Waals surface area contributed by atoms with Crippen molar-refractivity contribution in [3.63, 3.8) is 0 Å². The van der Waals surface area contributed by atoms with Gasteiger partial charge < -0.3 is 10.2 Å². The second-order valence-electron chi connectivity index (χ2n) is 8.49. The third kappa shape index (κ3) is 3.29. The summed E-state index contributed by atoms with van der Waals surface area (Å²) in [7, 11) is 0. The van der Waals surface area contributed by atoms with Crippen molar-refractivity contribution in [2.24, 2.45) is 11.8 Å². The summed E-state index contributed by atoms with van der Waals surface area (Å²) < 4.78 is 0. The summed E-state index contributed by atoms with van der Waals surface area (Å²) >= 11 is 1.51. The predicted molar refractivity (Wildman–Crippen MR) is 106 cm³/mol. The average Bonchev–Trinajstić information content (AvgIpc) is 3.33. The number of aryl methyl sites for hydroxylation is 1. The minimum absolute atomic E-state index is 0.0275. The van der Waals surface area contributed by atoms with Gasteiger partial charge in [0.25, 0.3) is 5.91 Å². The monoisotopic (exact) mass is 390 g/mol. The van der Waals surface area contributed by atoms with Crippen molar-refractivity contribution in [2.75, 3.05) is 26.2 Å². The largest absolute Gasteiger partial charge is 0.350 e. The first-order valence-corrected chi connectivity index (χ1v) is 11.1. The number of rotatable bonds is 4. The molecule has 3 fully saturated rings. The van der Waals surface area contributed by atoms with E-state index in [2.05, 4.69) is 29.0 Å². The minimum atomic E-state index is -0.128. The van der Waals surface area contributed by atoms with Gasteiger partial charge in [-0.25, -0.2) is 4.98 Å². The lowest BCUT2D eigenvalue weighted by Crippen LogP contribution is -2.56. The third-order valence-electron chi connectivity index (χ3n) is 6.88. The van der Waals surface area contributed by atoms with E-state index < -0.39 is 0 Å². The molecule has 1 N–H and O–H groups in total. The van der Waals surface area contributed by atoms with Gasteiger partial charge in [-0.05, 0) is 33.1 Å². The fraction of sp³-hybridized carbons (Fsp3) is 0.750. The molecule has 0 bridgehead atoms. The van der Waals surface area contributed by atoms with Gasteiger partial charge in [0.1, 0.15) is 5.69 Å². The minimum Gasteiger partial charge on any atom is -0.350 e. The van der Waals surface area contributed by atoms with Gasteiger partial charge in [-0.3, -0.25) is 14.5 Å². The highest BCUT2D eigenvalue weighted by Crippen LogP contribution is 2.44. The Balaban J connectivity index is 1.43. The number of carbonyl (C=O) groups is 2. The van der Waals surface area contributed by atoms with Crippen LogP contribution in [0, 0.1) is 18.8 Å². The van der Waals surface area contributed by atoms with Crippen LogP contribution in [0.2, 0.25) is 0 Å². The van der Waals surface area contributed by atoms with Gasteiger partial charge in [0.15, 0.2) is 0 Å². The van der Waals surface area contributed by atoms with Gasteiger partial charge in [-0.2, -0.15) is 0 Å². The highest BCUT2D eigenvalue weighted by Gasteiger charge is 2.57. The van der Waals surface area contributed by atoms with E-state index in [4.69, 9.17) is 0 Å². The van der Waals surface area contributed by atoms with Crippen molar-refractivity contribution in [2.45, 2.75) is 58.0 Å². The number of thiazole rings is 1. The Morgan fingerprint density at radius 3 is 2.78 bits per heavy atom. The first-order valence-electron chi connectivity index (χ1n) is 10.2. The summed E-state index contributed by atoms with van der Waals surface area (Å²) in [5.74, 6) is 0.747. The normalized spacial score (nSPS) is 28.4. The summed E-state index contributed by atoms with van der Waals surface area (Å²) in [6, 6.07) is 0.542. The summed E-state index contributed by atoms with van der Waals surface area (Å²) in [5, 5.41) is 6.12. The third-order valence-corrected chi connectivity index (χ3v) is 7.65. The van der Waals surface area contributed by atoms with E-state index in [1.165, 1.54) is 24.2 Å². The van der Waals surface area contributed by atoms with E-state index in [0.717, 1.165) is 30.9 Å². The number of aromatic nitrogens is 1. The van der Waals surface area contributed by atoms with Crippen LogP contribution in [0.1, 0.15) is 55.0 Å². The number of carbonyl (C=O) groups excluding carboxylic acids is 2. The highest BCUT2D eigenvalue weighted by atomic mass is 32.1. The van der Waals surface area contributed by atoms with Gasteiger partial charge in [0.2, 0.25) is 5.91 Å². The molecule has 3 aliphatic heterocycles. The van der Waals surface area contributed by atoms with Crippen molar-refractivity contribution in [3.05, 3.63) is 16.1 Å². The molecule has 2 amide bonds. The molecule has 1 spiro atoms. The maximum atomic E-state index is 12.7. The Morgan fingerprint density at radius 1 is 1.41 bits per heavy atom.